The lowest BCUT2D eigenvalue weighted by Crippen LogP contribution is -2.38. The van der Waals surface area contributed by atoms with Gasteiger partial charge in [0, 0.05) is 39.0 Å². The van der Waals surface area contributed by atoms with Crippen molar-refractivity contribution in [2.75, 3.05) is 32.8 Å². The molecule has 22 heavy (non-hydrogen) atoms. The van der Waals surface area contributed by atoms with E-state index in [1.807, 2.05) is 25.3 Å². The van der Waals surface area contributed by atoms with Gasteiger partial charge < -0.3 is 15.4 Å². The number of ether oxygens (including phenoxy) is 1. The van der Waals surface area contributed by atoms with Crippen LogP contribution in [0.1, 0.15) is 32.3 Å². The molecule has 0 radical (unpaired) electrons. The number of halogens is 1. The van der Waals surface area contributed by atoms with Gasteiger partial charge in [-0.25, -0.2) is 4.98 Å². The van der Waals surface area contributed by atoms with Gasteiger partial charge in [0.2, 0.25) is 0 Å². The van der Waals surface area contributed by atoms with Crippen LogP contribution < -0.4 is 10.6 Å². The van der Waals surface area contributed by atoms with Gasteiger partial charge in [-0.05, 0) is 44.7 Å². The fourth-order valence-corrected chi connectivity index (χ4v) is 1.98. The topological polar surface area (TPSA) is 58.5 Å². The predicted molar refractivity (Wildman–Crippen MR) is 92.7 cm³/mol. The van der Waals surface area contributed by atoms with Crippen LogP contribution in [0.2, 0.25) is 5.15 Å². The average Bonchev–Trinajstić information content (AvgIpc) is 2.52. The molecule has 0 saturated heterocycles. The van der Waals surface area contributed by atoms with Crippen molar-refractivity contribution >= 4 is 17.6 Å². The van der Waals surface area contributed by atoms with Crippen molar-refractivity contribution in [1.29, 1.82) is 0 Å². The highest BCUT2D eigenvalue weighted by atomic mass is 35.5. The number of nitrogens with zero attached hydrogens (tertiary/aromatic N) is 2. The molecule has 124 valence electrons. The van der Waals surface area contributed by atoms with E-state index in [1.54, 1.807) is 0 Å². The molecule has 0 spiro atoms. The van der Waals surface area contributed by atoms with Crippen LogP contribution in [-0.2, 0) is 11.2 Å². The second kappa shape index (κ2) is 12.2. The third kappa shape index (κ3) is 8.85. The van der Waals surface area contributed by atoms with Crippen molar-refractivity contribution in [3.05, 3.63) is 29.0 Å². The van der Waals surface area contributed by atoms with Crippen molar-refractivity contribution < 1.29 is 4.74 Å². The minimum absolute atomic E-state index is 0.527. The number of guanidine groups is 1. The van der Waals surface area contributed by atoms with Crippen molar-refractivity contribution in [1.82, 2.24) is 15.6 Å². The van der Waals surface area contributed by atoms with Crippen LogP contribution in [0.3, 0.4) is 0 Å². The van der Waals surface area contributed by atoms with Crippen LogP contribution in [0.4, 0.5) is 0 Å². The molecule has 5 nitrogen and oxygen atoms in total. The lowest BCUT2D eigenvalue weighted by molar-refractivity contribution is 0.144. The summed E-state index contributed by atoms with van der Waals surface area (Å²) < 4.78 is 5.32. The first-order valence-corrected chi connectivity index (χ1v) is 8.34. The highest BCUT2D eigenvalue weighted by Gasteiger charge is 1.98. The number of hydrogen-bond acceptors (Lipinski definition) is 3. The molecule has 1 aromatic heterocycles. The molecule has 1 heterocycles. The van der Waals surface area contributed by atoms with Gasteiger partial charge in [-0.1, -0.05) is 17.7 Å². The van der Waals surface area contributed by atoms with Gasteiger partial charge >= 0.3 is 0 Å². The molecule has 0 aromatic carbocycles. The maximum atomic E-state index is 5.78. The number of rotatable bonds is 10. The maximum absolute atomic E-state index is 5.78. The van der Waals surface area contributed by atoms with Gasteiger partial charge in [0.25, 0.3) is 0 Å². The van der Waals surface area contributed by atoms with Gasteiger partial charge in [0.15, 0.2) is 5.96 Å². The Morgan fingerprint density at radius 3 is 2.82 bits per heavy atom. The van der Waals surface area contributed by atoms with E-state index in [-0.39, 0.29) is 0 Å². The van der Waals surface area contributed by atoms with Gasteiger partial charge in [-0.2, -0.15) is 0 Å². The largest absolute Gasteiger partial charge is 0.382 e. The molecular formula is C16H27ClN4O. The summed E-state index contributed by atoms with van der Waals surface area (Å²) in [6.07, 6.45) is 4.78. The Morgan fingerprint density at radius 2 is 2.14 bits per heavy atom. The van der Waals surface area contributed by atoms with Crippen LogP contribution >= 0.6 is 11.6 Å². The minimum Gasteiger partial charge on any atom is -0.382 e. The molecule has 0 atom stereocenters. The highest BCUT2D eigenvalue weighted by molar-refractivity contribution is 6.29. The summed E-state index contributed by atoms with van der Waals surface area (Å²) in [4.78, 5) is 8.64. The van der Waals surface area contributed by atoms with E-state index in [9.17, 15) is 0 Å². The van der Waals surface area contributed by atoms with Crippen LogP contribution in [-0.4, -0.2) is 43.8 Å². The Bertz CT molecular complexity index is 423. The fourth-order valence-electron chi connectivity index (χ4n) is 1.87. The zero-order valence-electron chi connectivity index (χ0n) is 13.6. The second-order valence-corrected chi connectivity index (χ2v) is 5.22. The molecular weight excluding hydrogens is 300 g/mol. The van der Waals surface area contributed by atoms with Crippen molar-refractivity contribution in [3.63, 3.8) is 0 Å². The van der Waals surface area contributed by atoms with Gasteiger partial charge in [-0.3, -0.25) is 4.99 Å². The van der Waals surface area contributed by atoms with Gasteiger partial charge in [-0.15, -0.1) is 0 Å². The molecule has 1 rings (SSSR count). The molecule has 1 aromatic rings. The molecule has 0 aliphatic carbocycles. The summed E-state index contributed by atoms with van der Waals surface area (Å²) >= 11 is 5.78. The normalized spacial score (nSPS) is 11.5. The lowest BCUT2D eigenvalue weighted by Gasteiger charge is -2.11. The number of aliphatic imine (C=N–C) groups is 1. The number of aromatic nitrogens is 1. The molecule has 0 aliphatic heterocycles. The summed E-state index contributed by atoms with van der Waals surface area (Å²) in [6, 6.07) is 3.81. The van der Waals surface area contributed by atoms with E-state index in [0.717, 1.165) is 63.6 Å². The quantitative estimate of drug-likeness (QED) is 0.300. The van der Waals surface area contributed by atoms with E-state index >= 15 is 0 Å². The molecule has 0 saturated carbocycles. The first kappa shape index (κ1) is 18.7. The Labute approximate surface area is 138 Å². The Hall–Kier alpha value is -1.33. The Kier molecular flexibility index (Phi) is 10.4. The van der Waals surface area contributed by atoms with Gasteiger partial charge in [0.1, 0.15) is 5.15 Å². The smallest absolute Gasteiger partial charge is 0.191 e. The molecule has 0 aliphatic rings. The van der Waals surface area contributed by atoms with Crippen LogP contribution in [0.15, 0.2) is 23.3 Å². The van der Waals surface area contributed by atoms with Crippen molar-refractivity contribution in [2.45, 2.75) is 33.1 Å². The number of unbranched alkanes of at least 4 members (excludes halogenated alkanes) is 1. The van der Waals surface area contributed by atoms with E-state index < -0.39 is 0 Å². The van der Waals surface area contributed by atoms with E-state index in [0.29, 0.717) is 5.15 Å². The lowest BCUT2D eigenvalue weighted by atomic mass is 10.2. The predicted octanol–water partition coefficient (Wildman–Crippen LogP) is 2.65. The second-order valence-electron chi connectivity index (χ2n) is 4.83. The molecule has 0 fully saturated rings. The summed E-state index contributed by atoms with van der Waals surface area (Å²) in [5.74, 6) is 0.862. The average molecular weight is 327 g/mol. The number of hydrogen-bond donors (Lipinski definition) is 2. The maximum Gasteiger partial charge on any atom is 0.191 e. The highest BCUT2D eigenvalue weighted by Crippen LogP contribution is 2.05. The summed E-state index contributed by atoms with van der Waals surface area (Å²) in [7, 11) is 0. The summed E-state index contributed by atoms with van der Waals surface area (Å²) in [5.41, 5.74) is 1.16. The van der Waals surface area contributed by atoms with Crippen molar-refractivity contribution in [3.8, 4) is 0 Å². The van der Waals surface area contributed by atoms with Crippen molar-refractivity contribution in [2.24, 2.45) is 4.99 Å². The summed E-state index contributed by atoms with van der Waals surface area (Å²) in [6.45, 7) is 8.16. The number of nitrogens with one attached hydrogen (secondary N) is 2. The molecule has 0 bridgehead atoms. The third-order valence-electron chi connectivity index (χ3n) is 3.01. The zero-order valence-corrected chi connectivity index (χ0v) is 14.3. The van der Waals surface area contributed by atoms with Crippen LogP contribution in [0, 0.1) is 0 Å². The molecule has 2 N–H and O–H groups in total. The Balaban J connectivity index is 2.25. The first-order valence-electron chi connectivity index (χ1n) is 7.96. The summed E-state index contributed by atoms with van der Waals surface area (Å²) in [5, 5.41) is 7.11. The third-order valence-corrected chi connectivity index (χ3v) is 3.23. The van der Waals surface area contributed by atoms with Crippen LogP contribution in [0.5, 0.6) is 0 Å². The molecule has 0 amide bonds. The SMILES string of the molecule is CCNC(=NCCCCOCC)NCCc1ccc(Cl)nc1. The minimum atomic E-state index is 0.527. The van der Waals surface area contributed by atoms with Crippen LogP contribution in [0.25, 0.3) is 0 Å². The molecule has 6 heteroatoms. The number of pyridine rings is 1. The first-order chi connectivity index (χ1) is 10.8. The molecule has 0 unspecified atom stereocenters. The zero-order chi connectivity index (χ0) is 16.0. The van der Waals surface area contributed by atoms with E-state index in [4.69, 9.17) is 16.3 Å². The van der Waals surface area contributed by atoms with Gasteiger partial charge in [0.05, 0.1) is 0 Å². The van der Waals surface area contributed by atoms with E-state index in [1.165, 1.54) is 0 Å². The fraction of sp³-hybridized carbons (Fsp3) is 0.625. The monoisotopic (exact) mass is 326 g/mol. The standard InChI is InChI=1S/C16H27ClN4O/c1-3-18-16(19-10-5-6-12-22-4-2)20-11-9-14-7-8-15(17)21-13-14/h7-8,13H,3-6,9-12H2,1-2H3,(H2,18,19,20). The Morgan fingerprint density at radius 1 is 1.27 bits per heavy atom. The van der Waals surface area contributed by atoms with E-state index in [2.05, 4.69) is 27.5 Å².